The summed E-state index contributed by atoms with van der Waals surface area (Å²) in [5.41, 5.74) is 6.03. The molecular weight excluding hydrogens is 235 g/mol. The summed E-state index contributed by atoms with van der Waals surface area (Å²) in [6.45, 7) is 0.729. The fourth-order valence-corrected chi connectivity index (χ4v) is 1.93. The molecule has 0 aliphatic heterocycles. The number of nitrogens with two attached hydrogens (primary N) is 1. The van der Waals surface area contributed by atoms with Crippen molar-refractivity contribution in [3.8, 4) is 0 Å². The minimum atomic E-state index is -1.31. The molecule has 0 spiro atoms. The van der Waals surface area contributed by atoms with Gasteiger partial charge in [-0.2, -0.15) is 0 Å². The summed E-state index contributed by atoms with van der Waals surface area (Å²) in [5.74, 6) is -1.20. The first-order chi connectivity index (χ1) is 8.58. The highest BCUT2D eigenvalue weighted by atomic mass is 19.1. The topological polar surface area (TPSA) is 75.4 Å². The van der Waals surface area contributed by atoms with Gasteiger partial charge in [0.05, 0.1) is 16.9 Å². The van der Waals surface area contributed by atoms with E-state index in [9.17, 15) is 9.18 Å². The zero-order chi connectivity index (χ0) is 13.1. The lowest BCUT2D eigenvalue weighted by molar-refractivity contribution is 0.0692. The van der Waals surface area contributed by atoms with E-state index >= 15 is 0 Å². The lowest BCUT2D eigenvalue weighted by Gasteiger charge is -2.10. The minimum Gasteiger partial charge on any atom is -0.478 e. The standard InChI is InChI=1S/C13H17FN2O2/c14-10-7-12(11(15)6-9(10)13(17)18)16-5-1-2-8-3-4-8/h6-8,16H,1-5,15H2,(H,17,18). The normalized spacial score (nSPS) is 14.5. The molecule has 18 heavy (non-hydrogen) atoms. The number of halogens is 1. The number of anilines is 2. The minimum absolute atomic E-state index is 0.264. The Morgan fingerprint density at radius 2 is 2.22 bits per heavy atom. The summed E-state index contributed by atoms with van der Waals surface area (Å²) in [6, 6.07) is 2.30. The van der Waals surface area contributed by atoms with Gasteiger partial charge in [-0.15, -0.1) is 0 Å². The van der Waals surface area contributed by atoms with Gasteiger partial charge in [0.25, 0.3) is 0 Å². The first-order valence-corrected chi connectivity index (χ1v) is 6.14. The summed E-state index contributed by atoms with van der Waals surface area (Å²) in [7, 11) is 0. The molecule has 1 fully saturated rings. The van der Waals surface area contributed by atoms with Crippen molar-refractivity contribution in [1.82, 2.24) is 0 Å². The van der Waals surface area contributed by atoms with Crippen molar-refractivity contribution in [2.75, 3.05) is 17.6 Å². The van der Waals surface area contributed by atoms with Crippen molar-refractivity contribution in [3.05, 3.63) is 23.5 Å². The molecule has 0 heterocycles. The molecule has 1 saturated carbocycles. The van der Waals surface area contributed by atoms with Crippen molar-refractivity contribution in [2.24, 2.45) is 5.92 Å². The zero-order valence-electron chi connectivity index (χ0n) is 10.1. The van der Waals surface area contributed by atoms with E-state index in [2.05, 4.69) is 5.32 Å². The molecule has 0 amide bonds. The quantitative estimate of drug-likeness (QED) is 0.537. The summed E-state index contributed by atoms with van der Waals surface area (Å²) in [4.78, 5) is 10.7. The molecule has 1 aromatic rings. The Hall–Kier alpha value is -1.78. The summed E-state index contributed by atoms with van der Waals surface area (Å²) in [5, 5.41) is 11.8. The second kappa shape index (κ2) is 5.25. The average molecular weight is 252 g/mol. The number of rotatable bonds is 6. The fraction of sp³-hybridized carbons (Fsp3) is 0.462. The fourth-order valence-electron chi connectivity index (χ4n) is 1.93. The monoisotopic (exact) mass is 252 g/mol. The maximum Gasteiger partial charge on any atom is 0.338 e. The van der Waals surface area contributed by atoms with Gasteiger partial charge in [0, 0.05) is 6.54 Å². The number of aromatic carboxylic acids is 1. The van der Waals surface area contributed by atoms with E-state index in [1.165, 1.54) is 19.3 Å². The number of hydrogen-bond donors (Lipinski definition) is 3. The van der Waals surface area contributed by atoms with Crippen LogP contribution in [0.4, 0.5) is 15.8 Å². The number of benzene rings is 1. The van der Waals surface area contributed by atoms with Gasteiger partial charge >= 0.3 is 5.97 Å². The van der Waals surface area contributed by atoms with Crippen LogP contribution in [0.2, 0.25) is 0 Å². The third-order valence-corrected chi connectivity index (χ3v) is 3.17. The van der Waals surface area contributed by atoms with Crippen LogP contribution in [0.25, 0.3) is 0 Å². The summed E-state index contributed by atoms with van der Waals surface area (Å²) >= 11 is 0. The highest BCUT2D eigenvalue weighted by Crippen LogP contribution is 2.33. The molecule has 0 bridgehead atoms. The van der Waals surface area contributed by atoms with Gasteiger partial charge in [0.15, 0.2) is 0 Å². The molecule has 2 rings (SSSR count). The van der Waals surface area contributed by atoms with Crippen LogP contribution in [0.3, 0.4) is 0 Å². The second-order valence-corrected chi connectivity index (χ2v) is 4.74. The second-order valence-electron chi connectivity index (χ2n) is 4.74. The molecule has 5 heteroatoms. The van der Waals surface area contributed by atoms with Crippen LogP contribution >= 0.6 is 0 Å². The number of nitrogens with one attached hydrogen (secondary N) is 1. The molecule has 0 radical (unpaired) electrons. The molecule has 0 saturated heterocycles. The molecule has 4 N–H and O–H groups in total. The Morgan fingerprint density at radius 1 is 1.50 bits per heavy atom. The predicted octanol–water partition coefficient (Wildman–Crippen LogP) is 2.71. The van der Waals surface area contributed by atoms with Crippen molar-refractivity contribution in [1.29, 1.82) is 0 Å². The molecule has 4 nitrogen and oxygen atoms in total. The number of hydrogen-bond acceptors (Lipinski definition) is 3. The van der Waals surface area contributed by atoms with E-state index < -0.39 is 17.3 Å². The first-order valence-electron chi connectivity index (χ1n) is 6.14. The van der Waals surface area contributed by atoms with E-state index in [1.807, 2.05) is 0 Å². The third kappa shape index (κ3) is 3.12. The molecule has 0 unspecified atom stereocenters. The molecule has 1 aromatic carbocycles. The molecule has 98 valence electrons. The van der Waals surface area contributed by atoms with E-state index in [0.29, 0.717) is 5.69 Å². The van der Waals surface area contributed by atoms with E-state index in [-0.39, 0.29) is 5.69 Å². The van der Waals surface area contributed by atoms with Crippen molar-refractivity contribution in [3.63, 3.8) is 0 Å². The Bertz CT molecular complexity index is 459. The number of carboxylic acid groups (broad SMARTS) is 1. The van der Waals surface area contributed by atoms with Crippen LogP contribution in [0, 0.1) is 11.7 Å². The van der Waals surface area contributed by atoms with Crippen LogP contribution < -0.4 is 11.1 Å². The number of carboxylic acids is 1. The maximum atomic E-state index is 13.5. The predicted molar refractivity (Wildman–Crippen MR) is 68.2 cm³/mol. The smallest absolute Gasteiger partial charge is 0.338 e. The van der Waals surface area contributed by atoms with E-state index in [1.54, 1.807) is 0 Å². The Labute approximate surface area is 105 Å². The highest BCUT2D eigenvalue weighted by molar-refractivity contribution is 5.90. The van der Waals surface area contributed by atoms with Crippen molar-refractivity contribution >= 4 is 17.3 Å². The Kier molecular flexibility index (Phi) is 3.69. The number of nitrogen functional groups attached to an aromatic ring is 1. The van der Waals surface area contributed by atoms with Gasteiger partial charge in [-0.05, 0) is 30.9 Å². The molecular formula is C13H17FN2O2. The van der Waals surface area contributed by atoms with Crippen LogP contribution in [-0.2, 0) is 0 Å². The SMILES string of the molecule is Nc1cc(C(=O)O)c(F)cc1NCCCC1CC1. The largest absolute Gasteiger partial charge is 0.478 e. The van der Waals surface area contributed by atoms with Crippen LogP contribution in [-0.4, -0.2) is 17.6 Å². The van der Waals surface area contributed by atoms with Crippen LogP contribution in [0.1, 0.15) is 36.0 Å². The first kappa shape index (κ1) is 12.7. The van der Waals surface area contributed by atoms with Gasteiger partial charge in [-0.1, -0.05) is 12.8 Å². The van der Waals surface area contributed by atoms with Crippen LogP contribution in [0.5, 0.6) is 0 Å². The summed E-state index contributed by atoms with van der Waals surface area (Å²) in [6.07, 6.45) is 4.85. The van der Waals surface area contributed by atoms with Gasteiger partial charge in [0.1, 0.15) is 5.82 Å². The van der Waals surface area contributed by atoms with Crippen molar-refractivity contribution < 1.29 is 14.3 Å². The third-order valence-electron chi connectivity index (χ3n) is 3.17. The average Bonchev–Trinajstić information content (AvgIpc) is 3.12. The number of carbonyl (C=O) groups is 1. The van der Waals surface area contributed by atoms with Gasteiger partial charge in [-0.25, -0.2) is 9.18 Å². The molecule has 1 aliphatic carbocycles. The van der Waals surface area contributed by atoms with Gasteiger partial charge < -0.3 is 16.2 Å². The molecule has 1 aliphatic rings. The van der Waals surface area contributed by atoms with Crippen LogP contribution in [0.15, 0.2) is 12.1 Å². The highest BCUT2D eigenvalue weighted by Gasteiger charge is 2.20. The van der Waals surface area contributed by atoms with Gasteiger partial charge in [0.2, 0.25) is 0 Å². The van der Waals surface area contributed by atoms with Gasteiger partial charge in [-0.3, -0.25) is 0 Å². The Balaban J connectivity index is 1.94. The summed E-state index contributed by atoms with van der Waals surface area (Å²) < 4.78 is 13.5. The lowest BCUT2D eigenvalue weighted by Crippen LogP contribution is -2.08. The molecule has 0 atom stereocenters. The van der Waals surface area contributed by atoms with E-state index in [0.717, 1.165) is 31.0 Å². The zero-order valence-corrected chi connectivity index (χ0v) is 10.1. The molecule has 0 aromatic heterocycles. The Morgan fingerprint density at radius 3 is 2.83 bits per heavy atom. The van der Waals surface area contributed by atoms with Crippen molar-refractivity contribution in [2.45, 2.75) is 25.7 Å². The van der Waals surface area contributed by atoms with E-state index in [4.69, 9.17) is 10.8 Å². The lowest BCUT2D eigenvalue weighted by atomic mass is 10.1. The maximum absolute atomic E-state index is 13.5.